The van der Waals surface area contributed by atoms with Crippen molar-refractivity contribution in [3.8, 4) is 0 Å². The van der Waals surface area contributed by atoms with Gasteiger partial charge in [-0.2, -0.15) is 4.98 Å². The molecule has 1 saturated heterocycles. The molecule has 1 atom stereocenters. The van der Waals surface area contributed by atoms with E-state index in [-0.39, 0.29) is 11.5 Å². The Kier molecular flexibility index (Phi) is 3.05. The number of piperazine rings is 1. The van der Waals surface area contributed by atoms with Gasteiger partial charge in [0, 0.05) is 19.6 Å². The zero-order valence-electron chi connectivity index (χ0n) is 12.2. The minimum Gasteiger partial charge on any atom is -0.338 e. The molecule has 110 valence electrons. The molecule has 1 aliphatic carbocycles. The summed E-state index contributed by atoms with van der Waals surface area (Å²) in [4.78, 5) is 7.02. The minimum absolute atomic E-state index is 0.0345. The molecule has 1 N–H and O–H groups in total. The van der Waals surface area contributed by atoms with E-state index in [1.165, 1.54) is 5.56 Å². The average Bonchev–Trinajstić information content (AvgIpc) is 3.20. The first kappa shape index (κ1) is 13.0. The molecule has 2 fully saturated rings. The van der Waals surface area contributed by atoms with Gasteiger partial charge in [-0.25, -0.2) is 0 Å². The van der Waals surface area contributed by atoms with Crippen LogP contribution < -0.4 is 5.32 Å². The van der Waals surface area contributed by atoms with Gasteiger partial charge in [-0.3, -0.25) is 4.90 Å². The van der Waals surface area contributed by atoms with Gasteiger partial charge in [0.15, 0.2) is 5.82 Å². The van der Waals surface area contributed by atoms with E-state index in [2.05, 4.69) is 46.7 Å². The summed E-state index contributed by atoms with van der Waals surface area (Å²) in [5.74, 6) is 1.59. The van der Waals surface area contributed by atoms with Crippen LogP contribution in [-0.4, -0.2) is 41.7 Å². The van der Waals surface area contributed by atoms with Crippen LogP contribution in [0.4, 0.5) is 0 Å². The molecule has 1 saturated carbocycles. The number of nitrogens with one attached hydrogen (secondary N) is 1. The van der Waals surface area contributed by atoms with E-state index in [1.807, 2.05) is 6.07 Å². The quantitative estimate of drug-likeness (QED) is 0.930. The number of likely N-dealkylation sites (N-methyl/N-ethyl adjacent to an activating group) is 1. The highest BCUT2D eigenvalue weighted by atomic mass is 16.5. The Morgan fingerprint density at radius 1 is 1.29 bits per heavy atom. The average molecular weight is 284 g/mol. The monoisotopic (exact) mass is 284 g/mol. The van der Waals surface area contributed by atoms with Crippen molar-refractivity contribution < 1.29 is 4.52 Å². The summed E-state index contributed by atoms with van der Waals surface area (Å²) in [7, 11) is 2.12. The van der Waals surface area contributed by atoms with Crippen LogP contribution in [0.2, 0.25) is 0 Å². The SMILES string of the molecule is CN1CCNCC1c1noc(C2(c3ccccc3)CC2)n1. The molecule has 1 aromatic heterocycles. The number of hydrogen-bond donors (Lipinski definition) is 1. The van der Waals surface area contributed by atoms with Crippen molar-refractivity contribution in [2.24, 2.45) is 0 Å². The summed E-state index contributed by atoms with van der Waals surface area (Å²) in [6, 6.07) is 10.7. The third-order valence-corrected chi connectivity index (χ3v) is 4.74. The maximum Gasteiger partial charge on any atom is 0.237 e. The van der Waals surface area contributed by atoms with E-state index >= 15 is 0 Å². The van der Waals surface area contributed by atoms with Crippen LogP contribution in [0.25, 0.3) is 0 Å². The van der Waals surface area contributed by atoms with Crippen LogP contribution in [0.1, 0.15) is 36.2 Å². The molecule has 0 bridgehead atoms. The number of rotatable bonds is 3. The van der Waals surface area contributed by atoms with Crippen LogP contribution in [0.5, 0.6) is 0 Å². The van der Waals surface area contributed by atoms with Crippen molar-refractivity contribution >= 4 is 0 Å². The fraction of sp³-hybridized carbons (Fsp3) is 0.500. The highest BCUT2D eigenvalue weighted by Crippen LogP contribution is 2.52. The van der Waals surface area contributed by atoms with E-state index in [0.29, 0.717) is 0 Å². The number of aromatic nitrogens is 2. The van der Waals surface area contributed by atoms with Gasteiger partial charge in [0.2, 0.25) is 5.89 Å². The van der Waals surface area contributed by atoms with E-state index in [0.717, 1.165) is 44.2 Å². The second kappa shape index (κ2) is 4.93. The maximum absolute atomic E-state index is 5.63. The molecule has 2 aromatic rings. The second-order valence-electron chi connectivity index (χ2n) is 6.11. The Morgan fingerprint density at radius 2 is 2.10 bits per heavy atom. The molecule has 5 nitrogen and oxygen atoms in total. The van der Waals surface area contributed by atoms with Gasteiger partial charge in [0.05, 0.1) is 11.5 Å². The molecule has 1 aliphatic heterocycles. The second-order valence-corrected chi connectivity index (χ2v) is 6.11. The zero-order valence-corrected chi connectivity index (χ0v) is 12.2. The summed E-state index contributed by atoms with van der Waals surface area (Å²) < 4.78 is 5.63. The molecule has 21 heavy (non-hydrogen) atoms. The Balaban J connectivity index is 1.63. The van der Waals surface area contributed by atoms with Crippen LogP contribution in [0.3, 0.4) is 0 Å². The summed E-state index contributed by atoms with van der Waals surface area (Å²) in [5.41, 5.74) is 1.25. The molecule has 2 heterocycles. The summed E-state index contributed by atoms with van der Waals surface area (Å²) in [5, 5.41) is 7.65. The largest absolute Gasteiger partial charge is 0.338 e. The van der Waals surface area contributed by atoms with E-state index in [1.54, 1.807) is 0 Å². The maximum atomic E-state index is 5.63. The summed E-state index contributed by atoms with van der Waals surface area (Å²) >= 11 is 0. The lowest BCUT2D eigenvalue weighted by atomic mass is 9.96. The molecule has 1 unspecified atom stereocenters. The van der Waals surface area contributed by atoms with Gasteiger partial charge in [-0.05, 0) is 25.5 Å². The van der Waals surface area contributed by atoms with Crippen LogP contribution >= 0.6 is 0 Å². The zero-order chi connectivity index (χ0) is 14.3. The highest BCUT2D eigenvalue weighted by molar-refractivity contribution is 5.38. The van der Waals surface area contributed by atoms with Crippen molar-refractivity contribution in [3.63, 3.8) is 0 Å². The van der Waals surface area contributed by atoms with Crippen molar-refractivity contribution in [1.29, 1.82) is 0 Å². The fourth-order valence-corrected chi connectivity index (χ4v) is 3.17. The Hall–Kier alpha value is -1.72. The topological polar surface area (TPSA) is 54.2 Å². The van der Waals surface area contributed by atoms with Gasteiger partial charge in [0.1, 0.15) is 0 Å². The molecule has 4 rings (SSSR count). The lowest BCUT2D eigenvalue weighted by molar-refractivity contribution is 0.190. The summed E-state index contributed by atoms with van der Waals surface area (Å²) in [6.45, 7) is 2.91. The highest BCUT2D eigenvalue weighted by Gasteiger charge is 2.51. The third-order valence-electron chi connectivity index (χ3n) is 4.74. The Morgan fingerprint density at radius 3 is 2.81 bits per heavy atom. The van der Waals surface area contributed by atoms with Gasteiger partial charge in [0.25, 0.3) is 0 Å². The van der Waals surface area contributed by atoms with Crippen molar-refractivity contribution in [2.45, 2.75) is 24.3 Å². The van der Waals surface area contributed by atoms with E-state index in [4.69, 9.17) is 9.51 Å². The fourth-order valence-electron chi connectivity index (χ4n) is 3.17. The van der Waals surface area contributed by atoms with Crippen molar-refractivity contribution in [3.05, 3.63) is 47.6 Å². The third kappa shape index (κ3) is 2.17. The Labute approximate surface area is 124 Å². The predicted molar refractivity (Wildman–Crippen MR) is 79.0 cm³/mol. The van der Waals surface area contributed by atoms with Crippen molar-refractivity contribution in [1.82, 2.24) is 20.4 Å². The molecule has 5 heteroatoms. The molecular weight excluding hydrogens is 264 g/mol. The van der Waals surface area contributed by atoms with E-state index < -0.39 is 0 Å². The smallest absolute Gasteiger partial charge is 0.237 e. The van der Waals surface area contributed by atoms with Gasteiger partial charge >= 0.3 is 0 Å². The van der Waals surface area contributed by atoms with Gasteiger partial charge in [-0.1, -0.05) is 35.5 Å². The van der Waals surface area contributed by atoms with E-state index in [9.17, 15) is 0 Å². The number of benzene rings is 1. The van der Waals surface area contributed by atoms with Gasteiger partial charge < -0.3 is 9.84 Å². The predicted octanol–water partition coefficient (Wildman–Crippen LogP) is 1.73. The van der Waals surface area contributed by atoms with Crippen LogP contribution in [-0.2, 0) is 5.41 Å². The van der Waals surface area contributed by atoms with Crippen LogP contribution in [0, 0.1) is 0 Å². The lowest BCUT2D eigenvalue weighted by Gasteiger charge is -2.30. The van der Waals surface area contributed by atoms with Gasteiger partial charge in [-0.15, -0.1) is 0 Å². The summed E-state index contributed by atoms with van der Waals surface area (Å²) in [6.07, 6.45) is 2.19. The molecule has 0 spiro atoms. The first-order valence-corrected chi connectivity index (χ1v) is 7.60. The number of nitrogens with zero attached hydrogens (tertiary/aromatic N) is 3. The molecule has 0 amide bonds. The first-order valence-electron chi connectivity index (χ1n) is 7.60. The lowest BCUT2D eigenvalue weighted by Crippen LogP contribution is -2.44. The molecule has 2 aliphatic rings. The normalized spacial score (nSPS) is 24.9. The minimum atomic E-state index is -0.0345. The number of hydrogen-bond acceptors (Lipinski definition) is 5. The molecule has 1 aromatic carbocycles. The standard InChI is InChI=1S/C16H20N4O/c1-20-10-9-17-11-13(20)14-18-15(21-19-14)16(7-8-16)12-5-3-2-4-6-12/h2-6,13,17H,7-11H2,1H3. The first-order chi connectivity index (χ1) is 10.3. The van der Waals surface area contributed by atoms with Crippen molar-refractivity contribution in [2.75, 3.05) is 26.7 Å². The molecular formula is C16H20N4O. The van der Waals surface area contributed by atoms with Crippen LogP contribution in [0.15, 0.2) is 34.9 Å². The Bertz CT molecular complexity index is 620. The molecule has 0 radical (unpaired) electrons.